The lowest BCUT2D eigenvalue weighted by molar-refractivity contribution is 0.923. The molecule has 0 radical (unpaired) electrons. The third-order valence-corrected chi connectivity index (χ3v) is 3.15. The number of hydrogen-bond donors (Lipinski definition) is 2. The van der Waals surface area contributed by atoms with Crippen molar-refractivity contribution in [3.63, 3.8) is 0 Å². The minimum atomic E-state index is 0.600. The van der Waals surface area contributed by atoms with Gasteiger partial charge in [-0.05, 0) is 41.6 Å². The van der Waals surface area contributed by atoms with Gasteiger partial charge in [-0.15, -0.1) is 4.99 Å². The number of amidine groups is 1. The number of thioether (sulfide) groups is 1. The molecule has 2 rings (SSSR count). The van der Waals surface area contributed by atoms with Gasteiger partial charge in [-0.3, -0.25) is 9.97 Å². The summed E-state index contributed by atoms with van der Waals surface area (Å²) in [7, 11) is 0. The van der Waals surface area contributed by atoms with E-state index in [2.05, 4.69) is 20.3 Å². The summed E-state index contributed by atoms with van der Waals surface area (Å²) in [5.74, 6) is 0. The second kappa shape index (κ2) is 11.3. The van der Waals surface area contributed by atoms with Gasteiger partial charge in [0.2, 0.25) is 6.19 Å². The van der Waals surface area contributed by atoms with E-state index in [1.165, 1.54) is 11.8 Å². The van der Waals surface area contributed by atoms with Crippen LogP contribution in [0.4, 0.5) is 0 Å². The number of rotatable bonds is 3. The fraction of sp³-hybridized carbons (Fsp3) is 0.200. The van der Waals surface area contributed by atoms with Gasteiger partial charge in [0.05, 0.1) is 0 Å². The molecule has 3 N–H and O–H groups in total. The van der Waals surface area contributed by atoms with Crippen LogP contribution >= 0.6 is 11.8 Å². The molecule has 7 heteroatoms. The molecule has 0 atom stereocenters. The molecule has 0 unspecified atom stereocenters. The Morgan fingerprint density at radius 1 is 1.18 bits per heavy atom. The van der Waals surface area contributed by atoms with Gasteiger partial charge in [-0.25, -0.2) is 0 Å². The Kier molecular flexibility index (Phi) is 9.01. The van der Waals surface area contributed by atoms with Gasteiger partial charge < -0.3 is 11.1 Å². The van der Waals surface area contributed by atoms with Crippen molar-refractivity contribution in [2.45, 2.75) is 13.1 Å². The summed E-state index contributed by atoms with van der Waals surface area (Å²) in [6, 6.07) is 7.63. The summed E-state index contributed by atoms with van der Waals surface area (Å²) < 4.78 is 0. The van der Waals surface area contributed by atoms with Gasteiger partial charge in [-0.2, -0.15) is 5.26 Å². The molecule has 22 heavy (non-hydrogen) atoms. The Bertz CT molecular complexity index is 594. The summed E-state index contributed by atoms with van der Waals surface area (Å²) in [4.78, 5) is 11.4. The first-order valence-corrected chi connectivity index (χ1v) is 7.75. The number of aliphatic imine (C=N–C) groups is 1. The first-order valence-electron chi connectivity index (χ1n) is 6.52. The second-order valence-corrected chi connectivity index (χ2v) is 4.78. The highest BCUT2D eigenvalue weighted by Crippen LogP contribution is 1.99. The normalized spacial score (nSPS) is 10.1. The van der Waals surface area contributed by atoms with Gasteiger partial charge in [0, 0.05) is 37.9 Å². The minimum Gasteiger partial charge on any atom is -0.360 e. The maximum atomic E-state index is 8.36. The molecule has 0 aliphatic heterocycles. The van der Waals surface area contributed by atoms with Crippen molar-refractivity contribution in [3.8, 4) is 6.19 Å². The largest absolute Gasteiger partial charge is 0.360 e. The van der Waals surface area contributed by atoms with Crippen LogP contribution in [0.1, 0.15) is 11.1 Å². The van der Waals surface area contributed by atoms with Crippen molar-refractivity contribution in [1.82, 2.24) is 15.3 Å². The maximum absolute atomic E-state index is 8.36. The minimum absolute atomic E-state index is 0.600. The van der Waals surface area contributed by atoms with Crippen molar-refractivity contribution < 1.29 is 0 Å². The first kappa shape index (κ1) is 17.6. The highest BCUT2D eigenvalue weighted by molar-refractivity contribution is 8.13. The molecular formula is C15H18N6S. The molecule has 0 saturated carbocycles. The van der Waals surface area contributed by atoms with Crippen LogP contribution in [-0.4, -0.2) is 21.4 Å². The van der Waals surface area contributed by atoms with E-state index in [0.29, 0.717) is 18.3 Å². The number of nitrogens with two attached hydrogens (primary N) is 1. The van der Waals surface area contributed by atoms with E-state index in [1.807, 2.05) is 30.5 Å². The van der Waals surface area contributed by atoms with E-state index < -0.39 is 0 Å². The number of aromatic nitrogens is 2. The summed E-state index contributed by atoms with van der Waals surface area (Å²) in [6.07, 6.45) is 10.6. The molecule has 0 saturated heterocycles. The van der Waals surface area contributed by atoms with Crippen LogP contribution in [0.5, 0.6) is 0 Å². The lowest BCUT2D eigenvalue weighted by atomic mass is 10.3. The van der Waals surface area contributed by atoms with E-state index in [4.69, 9.17) is 11.0 Å². The molecule has 0 bridgehead atoms. The molecule has 2 heterocycles. The summed E-state index contributed by atoms with van der Waals surface area (Å²) in [6.45, 7) is 1.26. The van der Waals surface area contributed by atoms with E-state index in [-0.39, 0.29) is 0 Å². The zero-order valence-electron chi connectivity index (χ0n) is 12.3. The van der Waals surface area contributed by atoms with Crippen LogP contribution in [0.3, 0.4) is 0 Å². The predicted molar refractivity (Wildman–Crippen MR) is 89.8 cm³/mol. The number of nitrogens with zero attached hydrogens (tertiary/aromatic N) is 4. The monoisotopic (exact) mass is 314 g/mol. The van der Waals surface area contributed by atoms with Gasteiger partial charge in [0.25, 0.3) is 0 Å². The topological polar surface area (TPSA) is 100.0 Å². The Morgan fingerprint density at radius 2 is 1.73 bits per heavy atom. The smallest absolute Gasteiger partial charge is 0.208 e. The number of nitriles is 1. The highest BCUT2D eigenvalue weighted by atomic mass is 32.2. The van der Waals surface area contributed by atoms with Crippen molar-refractivity contribution >= 4 is 16.9 Å². The molecular weight excluding hydrogens is 296 g/mol. The van der Waals surface area contributed by atoms with Gasteiger partial charge in [0.15, 0.2) is 5.17 Å². The van der Waals surface area contributed by atoms with E-state index in [0.717, 1.165) is 11.1 Å². The van der Waals surface area contributed by atoms with Crippen LogP contribution in [-0.2, 0) is 13.1 Å². The van der Waals surface area contributed by atoms with Crippen molar-refractivity contribution in [3.05, 3.63) is 60.2 Å². The molecule has 114 valence electrons. The van der Waals surface area contributed by atoms with E-state index >= 15 is 0 Å². The van der Waals surface area contributed by atoms with Crippen LogP contribution in [0.25, 0.3) is 0 Å². The Morgan fingerprint density at radius 3 is 2.14 bits per heavy atom. The van der Waals surface area contributed by atoms with Crippen molar-refractivity contribution in [2.75, 3.05) is 6.26 Å². The van der Waals surface area contributed by atoms with Gasteiger partial charge >= 0.3 is 0 Å². The van der Waals surface area contributed by atoms with Crippen LogP contribution < -0.4 is 11.1 Å². The third-order valence-electron chi connectivity index (χ3n) is 2.52. The summed E-state index contributed by atoms with van der Waals surface area (Å²) >= 11 is 1.41. The average Bonchev–Trinajstić information content (AvgIpc) is 2.61. The quantitative estimate of drug-likeness (QED) is 0.510. The third kappa shape index (κ3) is 7.38. The zero-order valence-corrected chi connectivity index (χ0v) is 13.1. The average molecular weight is 314 g/mol. The maximum Gasteiger partial charge on any atom is 0.208 e. The second-order valence-electron chi connectivity index (χ2n) is 3.99. The van der Waals surface area contributed by atoms with E-state index in [9.17, 15) is 0 Å². The Labute approximate surface area is 134 Å². The SMILES string of the molecule is CS/C(=N\C#N)NCc1ccncc1.NCc1ccncc1. The molecule has 0 fully saturated rings. The van der Waals surface area contributed by atoms with Crippen LogP contribution in [0.2, 0.25) is 0 Å². The van der Waals surface area contributed by atoms with E-state index in [1.54, 1.807) is 31.0 Å². The summed E-state index contributed by atoms with van der Waals surface area (Å²) in [5.41, 5.74) is 7.56. The molecule has 0 amide bonds. The standard InChI is InChI=1S/C9H10N4S.C6H8N2/c1-14-9(13-7-10)12-6-8-2-4-11-5-3-8;7-5-6-1-3-8-4-2-6/h2-5H,6H2,1H3,(H,12,13);1-4H,5,7H2. The van der Waals surface area contributed by atoms with Gasteiger partial charge in [0.1, 0.15) is 0 Å². The molecule has 0 aliphatic rings. The van der Waals surface area contributed by atoms with Crippen molar-refractivity contribution in [1.29, 1.82) is 5.26 Å². The predicted octanol–water partition coefficient (Wildman–Crippen LogP) is 1.91. The van der Waals surface area contributed by atoms with Crippen LogP contribution in [0, 0.1) is 11.5 Å². The van der Waals surface area contributed by atoms with Crippen molar-refractivity contribution in [2.24, 2.45) is 10.7 Å². The molecule has 2 aromatic heterocycles. The number of nitrogens with one attached hydrogen (secondary N) is 1. The lowest BCUT2D eigenvalue weighted by Gasteiger charge is -2.04. The van der Waals surface area contributed by atoms with Crippen LogP contribution in [0.15, 0.2) is 54.0 Å². The van der Waals surface area contributed by atoms with Gasteiger partial charge in [-0.1, -0.05) is 11.8 Å². The molecule has 6 nitrogen and oxygen atoms in total. The Hall–Kier alpha value is -2.43. The summed E-state index contributed by atoms with van der Waals surface area (Å²) in [5, 5.41) is 12.0. The lowest BCUT2D eigenvalue weighted by Crippen LogP contribution is -2.19. The molecule has 0 aromatic carbocycles. The molecule has 2 aromatic rings. The number of pyridine rings is 2. The fourth-order valence-electron chi connectivity index (χ4n) is 1.40. The molecule has 0 aliphatic carbocycles. The number of hydrogen-bond acceptors (Lipinski definition) is 6. The highest BCUT2D eigenvalue weighted by Gasteiger charge is 1.96. The first-order chi connectivity index (χ1) is 10.8. The molecule has 0 spiro atoms. The fourth-order valence-corrected chi connectivity index (χ4v) is 1.75. The Balaban J connectivity index is 0.000000255. The zero-order chi connectivity index (χ0) is 16.0.